The van der Waals surface area contributed by atoms with Gasteiger partial charge in [0.05, 0.1) is 6.54 Å². The fourth-order valence-corrected chi connectivity index (χ4v) is 4.30. The molecule has 0 aliphatic carbocycles. The Kier molecular flexibility index (Phi) is 6.12. The maximum Gasteiger partial charge on any atom is 0.325 e. The van der Waals surface area contributed by atoms with Gasteiger partial charge in [0.2, 0.25) is 5.91 Å². The third-order valence-corrected chi connectivity index (χ3v) is 6.06. The molecule has 2 aliphatic heterocycles. The second kappa shape index (κ2) is 9.11. The van der Waals surface area contributed by atoms with Crippen molar-refractivity contribution in [3.8, 4) is 0 Å². The lowest BCUT2D eigenvalue weighted by atomic mass is 9.89. The fourth-order valence-electron chi connectivity index (χ4n) is 4.30. The number of benzene rings is 2. The number of rotatable bonds is 6. The quantitative estimate of drug-likeness (QED) is 0.750. The van der Waals surface area contributed by atoms with Gasteiger partial charge in [-0.15, -0.1) is 0 Å². The van der Waals surface area contributed by atoms with Crippen molar-refractivity contribution in [2.45, 2.75) is 44.2 Å². The number of hydrogen-bond acceptors (Lipinski definition) is 3. The molecule has 2 heterocycles. The number of likely N-dealkylation sites (tertiary alicyclic amines) is 1. The molecule has 0 bridgehead atoms. The molecule has 6 heteroatoms. The molecule has 0 spiro atoms. The monoisotopic (exact) mass is 405 g/mol. The van der Waals surface area contributed by atoms with Crippen LogP contribution in [-0.4, -0.2) is 46.8 Å². The molecule has 6 nitrogen and oxygen atoms in total. The number of urea groups is 1. The van der Waals surface area contributed by atoms with E-state index in [2.05, 4.69) is 29.6 Å². The van der Waals surface area contributed by atoms with E-state index in [0.29, 0.717) is 12.3 Å². The minimum Gasteiger partial charge on any atom is -0.343 e. The number of hydrogen-bond donors (Lipinski definition) is 1. The highest BCUT2D eigenvalue weighted by molar-refractivity contribution is 6.04. The summed E-state index contributed by atoms with van der Waals surface area (Å²) in [7, 11) is 0. The SMILES string of the molecule is O=C(CCC1NC(=O)N(Cc2ccccc2)C1=O)N1CCC(c2ccccc2)CC1. The highest BCUT2D eigenvalue weighted by Crippen LogP contribution is 2.28. The van der Waals surface area contributed by atoms with E-state index in [1.807, 2.05) is 41.3 Å². The first kappa shape index (κ1) is 20.1. The van der Waals surface area contributed by atoms with E-state index < -0.39 is 6.04 Å². The van der Waals surface area contributed by atoms with E-state index in [1.165, 1.54) is 10.5 Å². The van der Waals surface area contributed by atoms with E-state index in [1.54, 1.807) is 0 Å². The molecule has 4 rings (SSSR count). The second-order valence-corrected chi connectivity index (χ2v) is 8.02. The topological polar surface area (TPSA) is 69.7 Å². The number of imide groups is 1. The van der Waals surface area contributed by atoms with Crippen LogP contribution >= 0.6 is 0 Å². The third kappa shape index (κ3) is 4.53. The summed E-state index contributed by atoms with van der Waals surface area (Å²) in [4.78, 5) is 40.6. The zero-order valence-corrected chi connectivity index (χ0v) is 17.0. The lowest BCUT2D eigenvalue weighted by Crippen LogP contribution is -2.39. The predicted molar refractivity (Wildman–Crippen MR) is 114 cm³/mol. The Morgan fingerprint density at radius 3 is 2.23 bits per heavy atom. The molecule has 2 fully saturated rings. The van der Waals surface area contributed by atoms with Gasteiger partial charge in [0.15, 0.2) is 0 Å². The minimum absolute atomic E-state index is 0.0603. The number of carbonyl (C=O) groups excluding carboxylic acids is 3. The molecule has 4 amide bonds. The Hall–Kier alpha value is -3.15. The summed E-state index contributed by atoms with van der Waals surface area (Å²) in [6, 6.07) is 18.9. The fraction of sp³-hybridized carbons (Fsp3) is 0.375. The molecular weight excluding hydrogens is 378 g/mol. The van der Waals surface area contributed by atoms with Crippen molar-refractivity contribution in [1.29, 1.82) is 0 Å². The van der Waals surface area contributed by atoms with E-state index in [9.17, 15) is 14.4 Å². The summed E-state index contributed by atoms with van der Waals surface area (Å²) >= 11 is 0. The van der Waals surface area contributed by atoms with Gasteiger partial charge in [0.25, 0.3) is 5.91 Å². The summed E-state index contributed by atoms with van der Waals surface area (Å²) < 4.78 is 0. The van der Waals surface area contributed by atoms with Crippen molar-refractivity contribution in [1.82, 2.24) is 15.1 Å². The number of carbonyl (C=O) groups is 3. The molecule has 0 saturated carbocycles. The molecule has 156 valence electrons. The normalized spacial score (nSPS) is 19.8. The number of amides is 4. The number of nitrogens with one attached hydrogen (secondary N) is 1. The molecule has 2 aliphatic rings. The van der Waals surface area contributed by atoms with E-state index >= 15 is 0 Å². The van der Waals surface area contributed by atoms with Gasteiger partial charge in [0.1, 0.15) is 6.04 Å². The van der Waals surface area contributed by atoms with Crippen LogP contribution in [0.15, 0.2) is 60.7 Å². The molecule has 2 aromatic carbocycles. The molecule has 2 aromatic rings. The molecule has 0 radical (unpaired) electrons. The van der Waals surface area contributed by atoms with Gasteiger partial charge in [-0.25, -0.2) is 4.79 Å². The van der Waals surface area contributed by atoms with Crippen LogP contribution in [0.25, 0.3) is 0 Å². The van der Waals surface area contributed by atoms with Crippen LogP contribution < -0.4 is 5.32 Å². The van der Waals surface area contributed by atoms with Crippen LogP contribution in [-0.2, 0) is 16.1 Å². The van der Waals surface area contributed by atoms with Crippen molar-refractivity contribution in [3.05, 3.63) is 71.8 Å². The van der Waals surface area contributed by atoms with Crippen LogP contribution in [0.2, 0.25) is 0 Å². The van der Waals surface area contributed by atoms with E-state index in [-0.39, 0.29) is 30.8 Å². The Morgan fingerprint density at radius 2 is 1.57 bits per heavy atom. The van der Waals surface area contributed by atoms with Crippen molar-refractivity contribution >= 4 is 17.8 Å². The number of piperidine rings is 1. The maximum absolute atomic E-state index is 12.6. The van der Waals surface area contributed by atoms with Crippen LogP contribution in [0.1, 0.15) is 42.7 Å². The Labute approximate surface area is 176 Å². The van der Waals surface area contributed by atoms with Gasteiger partial charge < -0.3 is 10.2 Å². The largest absolute Gasteiger partial charge is 0.343 e. The summed E-state index contributed by atoms with van der Waals surface area (Å²) in [6.07, 6.45) is 2.53. The van der Waals surface area contributed by atoms with E-state index in [4.69, 9.17) is 0 Å². The summed E-state index contributed by atoms with van der Waals surface area (Å²) in [5, 5.41) is 2.73. The zero-order chi connectivity index (χ0) is 20.9. The van der Waals surface area contributed by atoms with Crippen molar-refractivity contribution in [3.63, 3.8) is 0 Å². The van der Waals surface area contributed by atoms with Crippen molar-refractivity contribution in [2.75, 3.05) is 13.1 Å². The van der Waals surface area contributed by atoms with Crippen molar-refractivity contribution in [2.24, 2.45) is 0 Å². The van der Waals surface area contributed by atoms with Gasteiger partial charge in [-0.2, -0.15) is 0 Å². The molecule has 0 aromatic heterocycles. The van der Waals surface area contributed by atoms with E-state index in [0.717, 1.165) is 31.5 Å². The smallest absolute Gasteiger partial charge is 0.325 e. The number of nitrogens with zero attached hydrogens (tertiary/aromatic N) is 2. The highest BCUT2D eigenvalue weighted by atomic mass is 16.2. The third-order valence-electron chi connectivity index (χ3n) is 6.06. The Bertz CT molecular complexity index is 892. The predicted octanol–water partition coefficient (Wildman–Crippen LogP) is 3.29. The molecular formula is C24H27N3O3. The Morgan fingerprint density at radius 1 is 0.933 bits per heavy atom. The Balaban J connectivity index is 1.25. The average Bonchev–Trinajstić information content (AvgIpc) is 3.06. The minimum atomic E-state index is -0.618. The first-order valence-electron chi connectivity index (χ1n) is 10.6. The summed E-state index contributed by atoms with van der Waals surface area (Å²) in [6.45, 7) is 1.73. The van der Waals surface area contributed by atoms with Gasteiger partial charge in [-0.1, -0.05) is 60.7 Å². The van der Waals surface area contributed by atoms with Crippen LogP contribution in [0.3, 0.4) is 0 Å². The van der Waals surface area contributed by atoms with Gasteiger partial charge in [-0.05, 0) is 36.3 Å². The molecule has 2 saturated heterocycles. The summed E-state index contributed by atoms with van der Waals surface area (Å²) in [5.41, 5.74) is 2.24. The van der Waals surface area contributed by atoms with Gasteiger partial charge in [0, 0.05) is 19.5 Å². The molecule has 1 atom stereocenters. The van der Waals surface area contributed by atoms with Crippen LogP contribution in [0.5, 0.6) is 0 Å². The lowest BCUT2D eigenvalue weighted by molar-refractivity contribution is -0.132. The average molecular weight is 405 g/mol. The molecule has 30 heavy (non-hydrogen) atoms. The van der Waals surface area contributed by atoms with Crippen LogP contribution in [0, 0.1) is 0 Å². The second-order valence-electron chi connectivity index (χ2n) is 8.02. The van der Waals surface area contributed by atoms with Gasteiger partial charge >= 0.3 is 6.03 Å². The van der Waals surface area contributed by atoms with Crippen LogP contribution in [0.4, 0.5) is 4.79 Å². The molecule has 1 unspecified atom stereocenters. The zero-order valence-electron chi connectivity index (χ0n) is 17.0. The molecule has 1 N–H and O–H groups in total. The summed E-state index contributed by atoms with van der Waals surface area (Å²) in [5.74, 6) is 0.307. The highest BCUT2D eigenvalue weighted by Gasteiger charge is 2.38. The maximum atomic E-state index is 12.6. The first-order valence-corrected chi connectivity index (χ1v) is 10.6. The lowest BCUT2D eigenvalue weighted by Gasteiger charge is -2.32. The van der Waals surface area contributed by atoms with Crippen molar-refractivity contribution < 1.29 is 14.4 Å². The van der Waals surface area contributed by atoms with Gasteiger partial charge in [-0.3, -0.25) is 14.5 Å². The standard InChI is InChI=1S/C24H27N3O3/c28-22(26-15-13-20(14-16-26)19-9-5-2-6-10-19)12-11-21-23(29)27(24(30)25-21)17-18-7-3-1-4-8-18/h1-10,20-21H,11-17H2,(H,25,30). The first-order chi connectivity index (χ1) is 14.6.